The van der Waals surface area contributed by atoms with Crippen LogP contribution in [0.15, 0.2) is 41.7 Å². The van der Waals surface area contributed by atoms with E-state index in [1.165, 1.54) is 28.6 Å². The quantitative estimate of drug-likeness (QED) is 0.464. The van der Waals surface area contributed by atoms with Gasteiger partial charge in [-0.15, -0.1) is 10.2 Å². The maximum Gasteiger partial charge on any atom is 0.238 e. The zero-order chi connectivity index (χ0) is 20.3. The van der Waals surface area contributed by atoms with Gasteiger partial charge in [0.2, 0.25) is 11.1 Å². The summed E-state index contributed by atoms with van der Waals surface area (Å²) in [5.41, 5.74) is 0.511. The summed E-state index contributed by atoms with van der Waals surface area (Å²) in [6.07, 6.45) is 2.55. The molecule has 0 spiro atoms. The van der Waals surface area contributed by atoms with Gasteiger partial charge < -0.3 is 11.2 Å². The van der Waals surface area contributed by atoms with Gasteiger partial charge in [0.15, 0.2) is 5.82 Å². The van der Waals surface area contributed by atoms with Crippen LogP contribution in [0.1, 0.15) is 33.2 Å². The standard InChI is InChI=1S/C18H22FN7OS/c1-4-11(2)26-15(8-9-21-26)22-17(27)12(3)28-18-24-23-16(25(18)20)13-6-5-7-14(19)10-13/h5-12H,4,20H2,1-3H3,(H,22,27)/t11-,12+/m1/s1. The number of nitrogens with one attached hydrogen (secondary N) is 1. The van der Waals surface area contributed by atoms with Crippen LogP contribution in [-0.2, 0) is 4.79 Å². The van der Waals surface area contributed by atoms with Crippen molar-refractivity contribution >= 4 is 23.5 Å². The Kier molecular flexibility index (Phi) is 5.98. The van der Waals surface area contributed by atoms with Gasteiger partial charge in [0.1, 0.15) is 11.6 Å². The Morgan fingerprint density at radius 1 is 1.32 bits per heavy atom. The lowest BCUT2D eigenvalue weighted by Gasteiger charge is -2.16. The second-order valence-electron chi connectivity index (χ2n) is 6.35. The van der Waals surface area contributed by atoms with E-state index >= 15 is 0 Å². The first kappa shape index (κ1) is 19.9. The largest absolute Gasteiger partial charge is 0.335 e. The van der Waals surface area contributed by atoms with Crippen molar-refractivity contribution in [1.29, 1.82) is 0 Å². The molecule has 0 aliphatic heterocycles. The molecular formula is C18H22FN7OS. The number of nitrogens with two attached hydrogens (primary N) is 1. The number of thioether (sulfide) groups is 1. The van der Waals surface area contributed by atoms with E-state index in [0.29, 0.717) is 22.4 Å². The number of nitrogens with zero attached hydrogens (tertiary/aromatic N) is 5. The average molecular weight is 403 g/mol. The number of amides is 1. The van der Waals surface area contributed by atoms with Gasteiger partial charge in [0, 0.05) is 11.6 Å². The number of nitrogen functional groups attached to an aromatic ring is 1. The lowest BCUT2D eigenvalue weighted by Crippen LogP contribution is -2.25. The van der Waals surface area contributed by atoms with Crippen LogP contribution in [0.25, 0.3) is 11.4 Å². The minimum atomic E-state index is -0.479. The summed E-state index contributed by atoms with van der Waals surface area (Å²) in [7, 11) is 0. The number of benzene rings is 1. The van der Waals surface area contributed by atoms with Crippen molar-refractivity contribution in [1.82, 2.24) is 24.7 Å². The Balaban J connectivity index is 1.71. The predicted molar refractivity (Wildman–Crippen MR) is 107 cm³/mol. The van der Waals surface area contributed by atoms with E-state index in [9.17, 15) is 9.18 Å². The molecule has 1 aromatic carbocycles. The Hall–Kier alpha value is -2.88. The number of hydrogen-bond acceptors (Lipinski definition) is 6. The molecule has 0 radical (unpaired) electrons. The van der Waals surface area contributed by atoms with Crippen molar-refractivity contribution in [2.75, 3.05) is 11.2 Å². The van der Waals surface area contributed by atoms with Crippen LogP contribution in [0.2, 0.25) is 0 Å². The van der Waals surface area contributed by atoms with E-state index in [1.807, 2.05) is 6.92 Å². The molecular weight excluding hydrogens is 381 g/mol. The molecule has 148 valence electrons. The number of carbonyl (C=O) groups is 1. The van der Waals surface area contributed by atoms with Crippen LogP contribution in [-0.4, -0.2) is 35.8 Å². The van der Waals surface area contributed by atoms with Gasteiger partial charge in [0.05, 0.1) is 17.5 Å². The number of halogens is 1. The normalized spacial score (nSPS) is 13.3. The number of aromatic nitrogens is 5. The second-order valence-corrected chi connectivity index (χ2v) is 7.66. The third kappa shape index (κ3) is 4.16. The summed E-state index contributed by atoms with van der Waals surface area (Å²) in [5.74, 6) is 6.43. The molecule has 0 aliphatic rings. The van der Waals surface area contributed by atoms with Gasteiger partial charge >= 0.3 is 0 Å². The first-order valence-electron chi connectivity index (χ1n) is 8.88. The molecule has 8 nitrogen and oxygen atoms in total. The molecule has 10 heteroatoms. The SMILES string of the molecule is CC[C@@H](C)n1nccc1NC(=O)[C@H](C)Sc1nnc(-c2cccc(F)c2)n1N. The first-order chi connectivity index (χ1) is 13.4. The van der Waals surface area contributed by atoms with Crippen LogP contribution < -0.4 is 11.2 Å². The van der Waals surface area contributed by atoms with Gasteiger partial charge in [-0.3, -0.25) is 4.79 Å². The second kappa shape index (κ2) is 8.42. The first-order valence-corrected chi connectivity index (χ1v) is 9.76. The van der Waals surface area contributed by atoms with Crippen molar-refractivity contribution in [3.05, 3.63) is 42.3 Å². The summed E-state index contributed by atoms with van der Waals surface area (Å²) in [4.78, 5) is 12.6. The fourth-order valence-electron chi connectivity index (χ4n) is 2.56. The molecule has 3 aromatic rings. The average Bonchev–Trinajstić information content (AvgIpc) is 3.28. The molecule has 3 N–H and O–H groups in total. The van der Waals surface area contributed by atoms with E-state index < -0.39 is 5.25 Å². The van der Waals surface area contributed by atoms with E-state index in [2.05, 4.69) is 27.5 Å². The topological polar surface area (TPSA) is 104 Å². The van der Waals surface area contributed by atoms with Crippen molar-refractivity contribution in [2.45, 2.75) is 43.6 Å². The fourth-order valence-corrected chi connectivity index (χ4v) is 3.33. The van der Waals surface area contributed by atoms with E-state index in [4.69, 9.17) is 5.84 Å². The highest BCUT2D eigenvalue weighted by atomic mass is 32.2. The van der Waals surface area contributed by atoms with Gasteiger partial charge in [-0.05, 0) is 32.4 Å². The molecule has 2 aromatic heterocycles. The molecule has 0 saturated heterocycles. The minimum absolute atomic E-state index is 0.175. The van der Waals surface area contributed by atoms with Crippen LogP contribution >= 0.6 is 11.8 Å². The highest BCUT2D eigenvalue weighted by Crippen LogP contribution is 2.26. The molecule has 0 bridgehead atoms. The number of anilines is 1. The third-order valence-corrected chi connectivity index (χ3v) is 5.39. The predicted octanol–water partition coefficient (Wildman–Crippen LogP) is 3.08. The van der Waals surface area contributed by atoms with Crippen LogP contribution in [0.5, 0.6) is 0 Å². The fraction of sp³-hybridized carbons (Fsp3) is 0.333. The Labute approximate surface area is 166 Å². The molecule has 0 aliphatic carbocycles. The smallest absolute Gasteiger partial charge is 0.238 e. The summed E-state index contributed by atoms with van der Waals surface area (Å²) in [6.45, 7) is 5.84. The highest BCUT2D eigenvalue weighted by molar-refractivity contribution is 8.00. The maximum absolute atomic E-state index is 13.4. The van der Waals surface area contributed by atoms with Crippen molar-refractivity contribution < 1.29 is 9.18 Å². The van der Waals surface area contributed by atoms with Crippen molar-refractivity contribution in [2.24, 2.45) is 0 Å². The molecule has 0 saturated carbocycles. The molecule has 0 fully saturated rings. The summed E-state index contributed by atoms with van der Waals surface area (Å²) < 4.78 is 16.5. The minimum Gasteiger partial charge on any atom is -0.335 e. The molecule has 2 atom stereocenters. The van der Waals surface area contributed by atoms with Crippen LogP contribution in [0.3, 0.4) is 0 Å². The lowest BCUT2D eigenvalue weighted by molar-refractivity contribution is -0.115. The zero-order valence-corrected chi connectivity index (χ0v) is 16.7. The molecule has 28 heavy (non-hydrogen) atoms. The molecule has 1 amide bonds. The maximum atomic E-state index is 13.4. The summed E-state index contributed by atoms with van der Waals surface area (Å²) >= 11 is 1.17. The van der Waals surface area contributed by atoms with Gasteiger partial charge in [-0.2, -0.15) is 5.10 Å². The van der Waals surface area contributed by atoms with Gasteiger partial charge in [0.25, 0.3) is 0 Å². The van der Waals surface area contributed by atoms with Crippen LogP contribution in [0, 0.1) is 5.82 Å². The Bertz CT molecular complexity index is 971. The van der Waals surface area contributed by atoms with Crippen molar-refractivity contribution in [3.63, 3.8) is 0 Å². The number of hydrogen-bond donors (Lipinski definition) is 2. The van der Waals surface area contributed by atoms with Crippen molar-refractivity contribution in [3.8, 4) is 11.4 Å². The van der Waals surface area contributed by atoms with Gasteiger partial charge in [-0.25, -0.2) is 13.7 Å². The van der Waals surface area contributed by atoms with E-state index in [-0.39, 0.29) is 17.8 Å². The molecule has 0 unspecified atom stereocenters. The third-order valence-electron chi connectivity index (χ3n) is 4.33. The number of carbonyl (C=O) groups excluding carboxylic acids is 1. The molecule has 3 rings (SSSR count). The van der Waals surface area contributed by atoms with Gasteiger partial charge in [-0.1, -0.05) is 30.8 Å². The Morgan fingerprint density at radius 2 is 2.11 bits per heavy atom. The highest BCUT2D eigenvalue weighted by Gasteiger charge is 2.21. The van der Waals surface area contributed by atoms with Crippen LogP contribution in [0.4, 0.5) is 10.2 Å². The Morgan fingerprint density at radius 3 is 2.82 bits per heavy atom. The summed E-state index contributed by atoms with van der Waals surface area (Å²) in [6, 6.07) is 7.87. The zero-order valence-electron chi connectivity index (χ0n) is 15.8. The molecule has 2 heterocycles. The van der Waals surface area contributed by atoms with E-state index in [0.717, 1.165) is 6.42 Å². The lowest BCUT2D eigenvalue weighted by atomic mass is 10.2. The van der Waals surface area contributed by atoms with E-state index in [1.54, 1.807) is 36.0 Å². The monoisotopic (exact) mass is 403 g/mol. The number of rotatable bonds is 7. The summed E-state index contributed by atoms with van der Waals surface area (Å²) in [5, 5.41) is 15.1.